The first kappa shape index (κ1) is 15.1. The predicted molar refractivity (Wildman–Crippen MR) is 93.6 cm³/mol. The van der Waals surface area contributed by atoms with Gasteiger partial charge in [-0.15, -0.1) is 0 Å². The molecule has 7 nitrogen and oxygen atoms in total. The number of ether oxygens (including phenoxy) is 1. The van der Waals surface area contributed by atoms with Crippen molar-refractivity contribution in [3.8, 4) is 5.69 Å². The molecule has 8 heteroatoms. The highest BCUT2D eigenvalue weighted by Crippen LogP contribution is 2.25. The maximum absolute atomic E-state index is 12.8. The number of hydrogen-bond donors (Lipinski definition) is 1. The maximum Gasteiger partial charge on any atom is 0.334 e. The van der Waals surface area contributed by atoms with Crippen molar-refractivity contribution in [1.82, 2.24) is 14.5 Å². The lowest BCUT2D eigenvalue weighted by atomic mass is 10.2. The van der Waals surface area contributed by atoms with Crippen LogP contribution in [0.4, 0.5) is 5.13 Å². The van der Waals surface area contributed by atoms with Crippen LogP contribution in [0.3, 0.4) is 0 Å². The van der Waals surface area contributed by atoms with Crippen LogP contribution < -0.4 is 16.1 Å². The number of aryl methyl sites for hydroxylation is 1. The molecular formula is C16H16N4O3S. The molecule has 0 bridgehead atoms. The van der Waals surface area contributed by atoms with E-state index in [1.807, 2.05) is 19.1 Å². The number of nitrogens with one attached hydrogen (secondary N) is 1. The Morgan fingerprint density at radius 3 is 2.58 bits per heavy atom. The maximum atomic E-state index is 12.8. The SMILES string of the molecule is Cc1ccc(-n2c(=O)[nH]c3nc(N4CCOCC4)sc3c2=O)cc1. The fourth-order valence-corrected chi connectivity index (χ4v) is 3.71. The van der Waals surface area contributed by atoms with Crippen molar-refractivity contribution >= 4 is 26.8 Å². The summed E-state index contributed by atoms with van der Waals surface area (Å²) in [6, 6.07) is 7.28. The zero-order valence-corrected chi connectivity index (χ0v) is 13.9. The molecule has 0 aliphatic carbocycles. The van der Waals surface area contributed by atoms with E-state index >= 15 is 0 Å². The molecule has 1 aliphatic rings. The van der Waals surface area contributed by atoms with Gasteiger partial charge < -0.3 is 9.64 Å². The van der Waals surface area contributed by atoms with E-state index in [4.69, 9.17) is 4.74 Å². The summed E-state index contributed by atoms with van der Waals surface area (Å²) in [5.41, 5.74) is 1.15. The summed E-state index contributed by atoms with van der Waals surface area (Å²) < 4.78 is 6.95. The Hall–Kier alpha value is -2.45. The molecule has 4 rings (SSSR count). The summed E-state index contributed by atoms with van der Waals surface area (Å²) in [5.74, 6) is 0. The van der Waals surface area contributed by atoms with Crippen LogP contribution in [0.25, 0.3) is 16.0 Å². The fraction of sp³-hybridized carbons (Fsp3) is 0.312. The van der Waals surface area contributed by atoms with E-state index in [1.165, 1.54) is 11.3 Å². The summed E-state index contributed by atoms with van der Waals surface area (Å²) in [6.45, 7) is 4.70. The smallest absolute Gasteiger partial charge is 0.334 e. The number of fused-ring (bicyclic) bond motifs is 1. The first-order chi connectivity index (χ1) is 11.6. The molecule has 1 saturated heterocycles. The average molecular weight is 344 g/mol. The van der Waals surface area contributed by atoms with Gasteiger partial charge in [-0.3, -0.25) is 9.78 Å². The molecule has 1 fully saturated rings. The molecule has 0 unspecified atom stereocenters. The molecule has 0 spiro atoms. The number of aromatic nitrogens is 3. The van der Waals surface area contributed by atoms with Crippen LogP contribution in [0.15, 0.2) is 33.9 Å². The Morgan fingerprint density at radius 2 is 1.88 bits per heavy atom. The van der Waals surface area contributed by atoms with Gasteiger partial charge in [0.15, 0.2) is 10.8 Å². The number of aromatic amines is 1. The Bertz CT molecular complexity index is 997. The van der Waals surface area contributed by atoms with Gasteiger partial charge in [0.1, 0.15) is 4.70 Å². The van der Waals surface area contributed by atoms with Gasteiger partial charge in [-0.25, -0.2) is 14.3 Å². The number of anilines is 1. The Balaban J connectivity index is 1.86. The number of hydrogen-bond acceptors (Lipinski definition) is 6. The Kier molecular flexibility index (Phi) is 3.70. The third-order valence-electron chi connectivity index (χ3n) is 4.02. The second kappa shape index (κ2) is 5.88. The minimum atomic E-state index is -0.477. The third-order valence-corrected chi connectivity index (χ3v) is 5.12. The van der Waals surface area contributed by atoms with Crippen molar-refractivity contribution in [2.24, 2.45) is 0 Å². The number of H-pyrrole nitrogens is 1. The van der Waals surface area contributed by atoms with Gasteiger partial charge in [-0.1, -0.05) is 29.0 Å². The van der Waals surface area contributed by atoms with Crippen LogP contribution in [-0.4, -0.2) is 40.8 Å². The lowest BCUT2D eigenvalue weighted by molar-refractivity contribution is 0.122. The van der Waals surface area contributed by atoms with Crippen molar-refractivity contribution in [3.63, 3.8) is 0 Å². The van der Waals surface area contributed by atoms with E-state index in [9.17, 15) is 9.59 Å². The predicted octanol–water partition coefficient (Wildman–Crippen LogP) is 1.28. The van der Waals surface area contributed by atoms with E-state index in [1.54, 1.807) is 12.1 Å². The standard InChI is InChI=1S/C16H16N4O3S/c1-10-2-4-11(5-3-10)20-14(21)12-13(17-15(20)22)18-16(24-12)19-6-8-23-9-7-19/h2-5H,6-9H2,1H3,(H,17,22). The lowest BCUT2D eigenvalue weighted by Crippen LogP contribution is -2.36. The van der Waals surface area contributed by atoms with Gasteiger partial charge in [-0.05, 0) is 19.1 Å². The first-order valence-corrected chi connectivity index (χ1v) is 8.51. The van der Waals surface area contributed by atoms with Gasteiger partial charge >= 0.3 is 5.69 Å². The summed E-state index contributed by atoms with van der Waals surface area (Å²) in [5, 5.41) is 0.739. The molecule has 0 amide bonds. The molecule has 0 radical (unpaired) electrons. The molecule has 2 aromatic heterocycles. The molecule has 1 aromatic carbocycles. The van der Waals surface area contributed by atoms with Gasteiger partial charge in [0.25, 0.3) is 5.56 Å². The molecule has 0 saturated carbocycles. The highest BCUT2D eigenvalue weighted by molar-refractivity contribution is 7.22. The van der Waals surface area contributed by atoms with E-state index < -0.39 is 5.69 Å². The number of nitrogens with zero attached hydrogens (tertiary/aromatic N) is 3. The zero-order valence-electron chi connectivity index (χ0n) is 13.1. The highest BCUT2D eigenvalue weighted by Gasteiger charge is 2.19. The quantitative estimate of drug-likeness (QED) is 0.757. The summed E-state index contributed by atoms with van der Waals surface area (Å²) in [7, 11) is 0. The monoisotopic (exact) mass is 344 g/mol. The van der Waals surface area contributed by atoms with Crippen molar-refractivity contribution in [1.29, 1.82) is 0 Å². The number of rotatable bonds is 2. The zero-order chi connectivity index (χ0) is 16.7. The molecule has 1 aliphatic heterocycles. The van der Waals surface area contributed by atoms with E-state index in [2.05, 4.69) is 14.9 Å². The molecular weight excluding hydrogens is 328 g/mol. The minimum Gasteiger partial charge on any atom is -0.378 e. The number of morpholine rings is 1. The van der Waals surface area contributed by atoms with Crippen LogP contribution >= 0.6 is 11.3 Å². The highest BCUT2D eigenvalue weighted by atomic mass is 32.1. The van der Waals surface area contributed by atoms with Crippen LogP contribution in [0.2, 0.25) is 0 Å². The van der Waals surface area contributed by atoms with Gasteiger partial charge in [-0.2, -0.15) is 0 Å². The largest absolute Gasteiger partial charge is 0.378 e. The second-order valence-electron chi connectivity index (χ2n) is 5.68. The van der Waals surface area contributed by atoms with Crippen molar-refractivity contribution < 1.29 is 4.74 Å². The molecule has 24 heavy (non-hydrogen) atoms. The van der Waals surface area contributed by atoms with Crippen LogP contribution in [0, 0.1) is 6.92 Å². The van der Waals surface area contributed by atoms with Crippen LogP contribution in [0.5, 0.6) is 0 Å². The topological polar surface area (TPSA) is 80.2 Å². The fourth-order valence-electron chi connectivity index (χ4n) is 2.71. The molecule has 1 N–H and O–H groups in total. The Labute approximate surface area is 141 Å². The van der Waals surface area contributed by atoms with Gasteiger partial charge in [0, 0.05) is 13.1 Å². The summed E-state index contributed by atoms with van der Waals surface area (Å²) >= 11 is 1.31. The second-order valence-corrected chi connectivity index (χ2v) is 6.66. The van der Waals surface area contributed by atoms with Crippen molar-refractivity contribution in [2.75, 3.05) is 31.2 Å². The van der Waals surface area contributed by atoms with E-state index in [-0.39, 0.29) is 5.56 Å². The van der Waals surface area contributed by atoms with E-state index in [0.29, 0.717) is 29.2 Å². The minimum absolute atomic E-state index is 0.338. The van der Waals surface area contributed by atoms with Crippen molar-refractivity contribution in [3.05, 3.63) is 50.7 Å². The summed E-state index contributed by atoms with van der Waals surface area (Å²) in [4.78, 5) is 34.4. The van der Waals surface area contributed by atoms with Gasteiger partial charge in [0.2, 0.25) is 0 Å². The first-order valence-electron chi connectivity index (χ1n) is 7.69. The normalized spacial score (nSPS) is 15.1. The molecule has 3 heterocycles. The Morgan fingerprint density at radius 1 is 1.17 bits per heavy atom. The molecule has 124 valence electrons. The lowest BCUT2D eigenvalue weighted by Gasteiger charge is -2.25. The van der Waals surface area contributed by atoms with Crippen LogP contribution in [0.1, 0.15) is 5.56 Å². The third kappa shape index (κ3) is 2.53. The molecule has 0 atom stereocenters. The number of benzene rings is 1. The average Bonchev–Trinajstić information content (AvgIpc) is 3.02. The van der Waals surface area contributed by atoms with Crippen molar-refractivity contribution in [2.45, 2.75) is 6.92 Å². The number of thiazole rings is 1. The van der Waals surface area contributed by atoms with Gasteiger partial charge in [0.05, 0.1) is 18.9 Å². The van der Waals surface area contributed by atoms with E-state index in [0.717, 1.165) is 28.4 Å². The van der Waals surface area contributed by atoms with Crippen LogP contribution in [-0.2, 0) is 4.74 Å². The molecule has 3 aromatic rings. The summed E-state index contributed by atoms with van der Waals surface area (Å²) in [6.07, 6.45) is 0.